The molecule has 0 atom stereocenters. The van der Waals surface area contributed by atoms with Crippen molar-refractivity contribution in [1.82, 2.24) is 24.8 Å². The topological polar surface area (TPSA) is 143 Å². The molecule has 5 aromatic rings. The number of fused-ring (bicyclic) bond motifs is 1. The van der Waals surface area contributed by atoms with E-state index in [9.17, 15) is 4.79 Å². The Kier molecular flexibility index (Phi) is 5.71. The monoisotopic (exact) mass is 471 g/mol. The van der Waals surface area contributed by atoms with Crippen LogP contribution in [0.4, 0.5) is 11.5 Å². The number of methoxy groups -OCH3 is 1. The third-order valence-electron chi connectivity index (χ3n) is 5.33. The van der Waals surface area contributed by atoms with Crippen molar-refractivity contribution in [2.45, 2.75) is 13.5 Å². The number of pyridine rings is 1. The van der Waals surface area contributed by atoms with Crippen molar-refractivity contribution in [3.05, 3.63) is 66.4 Å². The van der Waals surface area contributed by atoms with Crippen molar-refractivity contribution in [2.75, 3.05) is 18.2 Å². The molecule has 35 heavy (non-hydrogen) atoms. The summed E-state index contributed by atoms with van der Waals surface area (Å²) in [5.74, 6) is 1.84. The molecule has 0 saturated carbocycles. The maximum atomic E-state index is 12.6. The van der Waals surface area contributed by atoms with E-state index in [2.05, 4.69) is 25.6 Å². The second-order valence-corrected chi connectivity index (χ2v) is 7.47. The Morgan fingerprint density at radius 3 is 2.66 bits per heavy atom. The number of hydrogen-bond donors (Lipinski definition) is 2. The number of carbonyl (C=O) groups excluding carboxylic acids is 1. The number of ether oxygens (including phenoxy) is 2. The SMILES string of the molecule is CCn1c(-c2nonc2N)nc2c(Oc3cccc(NC(=O)c4ccc(OC)cc4)c3)nccc21. The van der Waals surface area contributed by atoms with Crippen molar-refractivity contribution in [1.29, 1.82) is 0 Å². The van der Waals surface area contributed by atoms with Crippen LogP contribution in [0.5, 0.6) is 17.4 Å². The molecular formula is C24H21N7O4. The average molecular weight is 471 g/mol. The highest BCUT2D eigenvalue weighted by Crippen LogP contribution is 2.33. The molecule has 0 fully saturated rings. The van der Waals surface area contributed by atoms with Gasteiger partial charge in [-0.3, -0.25) is 4.79 Å². The number of amides is 1. The first-order valence-electron chi connectivity index (χ1n) is 10.7. The second-order valence-electron chi connectivity index (χ2n) is 7.47. The summed E-state index contributed by atoms with van der Waals surface area (Å²) >= 11 is 0. The Hall–Kier alpha value is -4.93. The number of nitrogens with zero attached hydrogens (tertiary/aromatic N) is 5. The van der Waals surface area contributed by atoms with E-state index in [0.29, 0.717) is 52.2 Å². The van der Waals surface area contributed by atoms with Crippen LogP contribution in [0, 0.1) is 0 Å². The Labute approximate surface area is 199 Å². The minimum absolute atomic E-state index is 0.144. The van der Waals surface area contributed by atoms with E-state index in [0.717, 1.165) is 5.52 Å². The molecule has 3 aromatic heterocycles. The highest BCUT2D eigenvalue weighted by molar-refractivity contribution is 6.04. The van der Waals surface area contributed by atoms with Crippen LogP contribution < -0.4 is 20.5 Å². The summed E-state index contributed by atoms with van der Waals surface area (Å²) in [7, 11) is 1.57. The second kappa shape index (κ2) is 9.14. The van der Waals surface area contributed by atoms with Gasteiger partial charge in [0.25, 0.3) is 5.91 Å². The van der Waals surface area contributed by atoms with Crippen molar-refractivity contribution < 1.29 is 18.9 Å². The van der Waals surface area contributed by atoms with Gasteiger partial charge in [-0.2, -0.15) is 0 Å². The number of hydrogen-bond acceptors (Lipinski definition) is 9. The molecule has 0 spiro atoms. The van der Waals surface area contributed by atoms with Gasteiger partial charge in [0.2, 0.25) is 5.88 Å². The molecule has 11 heteroatoms. The molecule has 0 radical (unpaired) electrons. The van der Waals surface area contributed by atoms with E-state index in [1.54, 1.807) is 61.8 Å². The van der Waals surface area contributed by atoms with E-state index in [1.807, 2.05) is 17.6 Å². The summed E-state index contributed by atoms with van der Waals surface area (Å²) in [6.45, 7) is 2.58. The molecule has 3 heterocycles. The van der Waals surface area contributed by atoms with E-state index in [1.165, 1.54) is 0 Å². The fourth-order valence-electron chi connectivity index (χ4n) is 3.65. The molecular weight excluding hydrogens is 450 g/mol. The third kappa shape index (κ3) is 4.22. The molecule has 1 amide bonds. The molecule has 3 N–H and O–H groups in total. The van der Waals surface area contributed by atoms with E-state index >= 15 is 0 Å². The first-order chi connectivity index (χ1) is 17.1. The molecule has 0 aliphatic carbocycles. The van der Waals surface area contributed by atoms with E-state index in [4.69, 9.17) is 19.8 Å². The van der Waals surface area contributed by atoms with Crippen LogP contribution in [0.3, 0.4) is 0 Å². The summed E-state index contributed by atoms with van der Waals surface area (Å²) in [6, 6.07) is 15.7. The summed E-state index contributed by atoms with van der Waals surface area (Å²) in [5, 5.41) is 10.4. The zero-order valence-electron chi connectivity index (χ0n) is 18.9. The number of nitrogens with two attached hydrogens (primary N) is 1. The lowest BCUT2D eigenvalue weighted by Gasteiger charge is -2.09. The van der Waals surface area contributed by atoms with Crippen molar-refractivity contribution >= 4 is 28.4 Å². The van der Waals surface area contributed by atoms with Gasteiger partial charge in [0.15, 0.2) is 22.9 Å². The molecule has 0 saturated heterocycles. The maximum absolute atomic E-state index is 12.6. The quantitative estimate of drug-likeness (QED) is 0.358. The van der Waals surface area contributed by atoms with Crippen LogP contribution in [0.25, 0.3) is 22.6 Å². The van der Waals surface area contributed by atoms with Gasteiger partial charge in [0.1, 0.15) is 11.5 Å². The molecule has 0 bridgehead atoms. The first-order valence-corrected chi connectivity index (χ1v) is 10.7. The summed E-state index contributed by atoms with van der Waals surface area (Å²) < 4.78 is 17.9. The molecule has 0 unspecified atom stereocenters. The van der Waals surface area contributed by atoms with Gasteiger partial charge >= 0.3 is 0 Å². The zero-order valence-corrected chi connectivity index (χ0v) is 18.9. The molecule has 2 aromatic carbocycles. The fourth-order valence-corrected chi connectivity index (χ4v) is 3.65. The van der Waals surface area contributed by atoms with Crippen molar-refractivity contribution in [3.8, 4) is 28.9 Å². The lowest BCUT2D eigenvalue weighted by atomic mass is 10.2. The number of nitrogen functional groups attached to an aromatic ring is 1. The molecule has 176 valence electrons. The number of nitrogens with one attached hydrogen (secondary N) is 1. The lowest BCUT2D eigenvalue weighted by Crippen LogP contribution is -2.11. The van der Waals surface area contributed by atoms with Gasteiger partial charge in [0, 0.05) is 30.1 Å². The normalized spacial score (nSPS) is 10.9. The van der Waals surface area contributed by atoms with Gasteiger partial charge in [-0.25, -0.2) is 14.6 Å². The van der Waals surface area contributed by atoms with Crippen LogP contribution in [0.2, 0.25) is 0 Å². The van der Waals surface area contributed by atoms with Crippen molar-refractivity contribution in [3.63, 3.8) is 0 Å². The Morgan fingerprint density at radius 2 is 1.94 bits per heavy atom. The largest absolute Gasteiger partial charge is 0.497 e. The summed E-state index contributed by atoms with van der Waals surface area (Å²) in [4.78, 5) is 21.6. The smallest absolute Gasteiger partial charge is 0.255 e. The standard InChI is InChI=1S/C24H21N7O4/c1-3-31-18-11-12-26-24(19(18)28-22(31)20-21(25)30-35-29-20)34-17-6-4-5-15(13-17)27-23(32)14-7-9-16(33-2)10-8-14/h4-13H,3H2,1-2H3,(H2,25,30)(H,27,32). The van der Waals surface area contributed by atoms with Gasteiger partial charge < -0.3 is 25.1 Å². The van der Waals surface area contributed by atoms with Gasteiger partial charge in [-0.1, -0.05) is 6.07 Å². The Balaban J connectivity index is 1.42. The third-order valence-corrected chi connectivity index (χ3v) is 5.33. The number of anilines is 2. The fraction of sp³-hybridized carbons (Fsp3) is 0.125. The highest BCUT2D eigenvalue weighted by Gasteiger charge is 2.21. The molecule has 5 rings (SSSR count). The van der Waals surface area contributed by atoms with Crippen LogP contribution in [0.15, 0.2) is 65.4 Å². The van der Waals surface area contributed by atoms with Crippen LogP contribution >= 0.6 is 0 Å². The predicted octanol–water partition coefficient (Wildman–Crippen LogP) is 4.14. The van der Waals surface area contributed by atoms with Crippen molar-refractivity contribution in [2.24, 2.45) is 0 Å². The number of imidazole rings is 1. The number of benzene rings is 2. The number of rotatable bonds is 7. The first kappa shape index (κ1) is 21.9. The maximum Gasteiger partial charge on any atom is 0.255 e. The van der Waals surface area contributed by atoms with E-state index in [-0.39, 0.29) is 11.7 Å². The number of aryl methyl sites for hydroxylation is 1. The Morgan fingerprint density at radius 1 is 1.11 bits per heavy atom. The highest BCUT2D eigenvalue weighted by atomic mass is 16.6. The summed E-state index contributed by atoms with van der Waals surface area (Å²) in [6.07, 6.45) is 1.63. The number of aromatic nitrogens is 5. The molecule has 11 nitrogen and oxygen atoms in total. The van der Waals surface area contributed by atoms with Gasteiger partial charge in [0.05, 0.1) is 12.6 Å². The molecule has 0 aliphatic heterocycles. The summed E-state index contributed by atoms with van der Waals surface area (Å²) in [5.41, 5.74) is 8.62. The number of carbonyl (C=O) groups is 1. The van der Waals surface area contributed by atoms with Crippen LogP contribution in [0.1, 0.15) is 17.3 Å². The molecule has 0 aliphatic rings. The minimum atomic E-state index is -0.254. The van der Waals surface area contributed by atoms with E-state index < -0.39 is 0 Å². The van der Waals surface area contributed by atoms with Crippen LogP contribution in [-0.4, -0.2) is 37.9 Å². The average Bonchev–Trinajstić information content (AvgIpc) is 3.47. The lowest BCUT2D eigenvalue weighted by molar-refractivity contribution is 0.102. The van der Waals surface area contributed by atoms with Gasteiger partial charge in [-0.05, 0) is 59.7 Å². The van der Waals surface area contributed by atoms with Gasteiger partial charge in [-0.15, -0.1) is 0 Å². The van der Waals surface area contributed by atoms with Crippen LogP contribution in [-0.2, 0) is 6.54 Å². The predicted molar refractivity (Wildman–Crippen MR) is 128 cm³/mol. The minimum Gasteiger partial charge on any atom is -0.497 e. The Bertz CT molecular complexity index is 1510. The zero-order chi connectivity index (χ0) is 24.4.